The lowest BCUT2D eigenvalue weighted by Gasteiger charge is -2.05. The highest BCUT2D eigenvalue weighted by atomic mass is 79.9. The summed E-state index contributed by atoms with van der Waals surface area (Å²) in [6, 6.07) is 7.97. The van der Waals surface area contributed by atoms with Crippen LogP contribution in [0.5, 0.6) is 0 Å². The number of aldehydes is 1. The molecule has 0 heterocycles. The van der Waals surface area contributed by atoms with E-state index in [9.17, 15) is 4.79 Å². The van der Waals surface area contributed by atoms with Gasteiger partial charge in [-0.3, -0.25) is 4.79 Å². The molecular weight excluding hydrogens is 287 g/mol. The van der Waals surface area contributed by atoms with E-state index in [1.54, 1.807) is 0 Å². The maximum absolute atomic E-state index is 10.9. The Morgan fingerprint density at radius 2 is 1.94 bits per heavy atom. The summed E-state index contributed by atoms with van der Waals surface area (Å²) in [6.45, 7) is 0. The van der Waals surface area contributed by atoms with Gasteiger partial charge in [0.25, 0.3) is 0 Å². The first-order valence-electron chi connectivity index (χ1n) is 5.13. The maximum atomic E-state index is 10.9. The third-order valence-corrected chi connectivity index (χ3v) is 2.95. The summed E-state index contributed by atoms with van der Waals surface area (Å²) >= 11 is 9.00. The number of carbonyl (C=O) groups is 1. The Labute approximate surface area is 110 Å². The van der Waals surface area contributed by atoms with E-state index in [1.807, 2.05) is 24.0 Å². The van der Waals surface area contributed by atoms with Crippen LogP contribution in [-0.4, -0.2) is 12.1 Å². The van der Waals surface area contributed by atoms with Gasteiger partial charge in [-0.2, -0.15) is 0 Å². The van der Waals surface area contributed by atoms with Crippen molar-refractivity contribution in [3.63, 3.8) is 0 Å². The normalized spacial score (nSPS) is 14.4. The Hall–Kier alpha value is -0.600. The van der Waals surface area contributed by atoms with Crippen molar-refractivity contribution >= 4 is 39.4 Å². The second-order valence-electron chi connectivity index (χ2n) is 3.45. The fraction of sp³-hybridized carbons (Fsp3) is 0.308. The van der Waals surface area contributed by atoms with Crippen molar-refractivity contribution in [3.8, 4) is 0 Å². The van der Waals surface area contributed by atoms with Gasteiger partial charge in [-0.15, -0.1) is 0 Å². The van der Waals surface area contributed by atoms with Crippen LogP contribution in [0, 0.1) is 0 Å². The third kappa shape index (κ3) is 2.96. The zero-order chi connectivity index (χ0) is 12.0. The Bertz CT molecular complexity index is 399. The Kier molecular flexibility index (Phi) is 5.78. The number of allylic oxidation sites excluding steroid dienone is 2. The summed E-state index contributed by atoms with van der Waals surface area (Å²) in [6.07, 6.45) is 3.70. The molecule has 0 atom stereocenters. The largest absolute Gasteiger partial charge is 0.298 e. The number of fused-ring (bicyclic) bond motifs is 1. The van der Waals surface area contributed by atoms with E-state index in [0.717, 1.165) is 31.1 Å². The number of aryl methyl sites for hydroxylation is 1. The number of carbonyl (C=O) groups excluding carboxylic acids is 1. The minimum Gasteiger partial charge on any atom is -0.298 e. The number of rotatable bonds is 1. The van der Waals surface area contributed by atoms with E-state index in [2.05, 4.69) is 22.0 Å². The second kappa shape index (κ2) is 6.87. The lowest BCUT2D eigenvalue weighted by molar-refractivity contribution is -0.103. The summed E-state index contributed by atoms with van der Waals surface area (Å²) < 4.78 is 0. The molecule has 0 saturated heterocycles. The van der Waals surface area contributed by atoms with E-state index in [0.29, 0.717) is 10.6 Å². The molecule has 1 aliphatic carbocycles. The highest BCUT2D eigenvalue weighted by Gasteiger charge is 2.14. The second-order valence-corrected chi connectivity index (χ2v) is 3.90. The van der Waals surface area contributed by atoms with Gasteiger partial charge < -0.3 is 0 Å². The van der Waals surface area contributed by atoms with Gasteiger partial charge in [0.05, 0.1) is 0 Å². The molecule has 16 heavy (non-hydrogen) atoms. The molecule has 0 bridgehead atoms. The summed E-state index contributed by atoms with van der Waals surface area (Å²) in [7, 11) is 0. The molecule has 0 aromatic heterocycles. The zero-order valence-electron chi connectivity index (χ0n) is 9.17. The summed E-state index contributed by atoms with van der Waals surface area (Å²) in [5.41, 5.74) is 2.90. The van der Waals surface area contributed by atoms with Gasteiger partial charge in [0.15, 0.2) is 6.29 Å². The first-order chi connectivity index (χ1) is 7.83. The highest BCUT2D eigenvalue weighted by Crippen LogP contribution is 2.30. The molecule has 0 fully saturated rings. The first-order valence-corrected chi connectivity index (χ1v) is 7.09. The van der Waals surface area contributed by atoms with E-state index in [-0.39, 0.29) is 0 Å². The average Bonchev–Trinajstić information content (AvgIpc) is 2.50. The van der Waals surface area contributed by atoms with Crippen molar-refractivity contribution in [3.05, 3.63) is 40.4 Å². The molecule has 0 spiro atoms. The molecule has 1 nitrogen and oxygen atoms in total. The molecule has 0 radical (unpaired) electrons. The predicted octanol–water partition coefficient (Wildman–Crippen LogP) is 4.18. The third-order valence-electron chi connectivity index (χ3n) is 2.56. The van der Waals surface area contributed by atoms with E-state index >= 15 is 0 Å². The van der Waals surface area contributed by atoms with E-state index < -0.39 is 0 Å². The maximum Gasteiger partial charge on any atom is 0.151 e. The van der Waals surface area contributed by atoms with Gasteiger partial charge in [0, 0.05) is 10.6 Å². The number of halogens is 2. The smallest absolute Gasteiger partial charge is 0.151 e. The van der Waals surface area contributed by atoms with Crippen LogP contribution in [0.3, 0.4) is 0 Å². The minimum absolute atomic E-state index is 0.666. The monoisotopic (exact) mass is 300 g/mol. The Morgan fingerprint density at radius 3 is 2.62 bits per heavy atom. The van der Waals surface area contributed by atoms with Crippen LogP contribution in [0.15, 0.2) is 29.3 Å². The average molecular weight is 302 g/mol. The molecule has 86 valence electrons. The zero-order valence-corrected chi connectivity index (χ0v) is 11.5. The van der Waals surface area contributed by atoms with Crippen LogP contribution in [0.25, 0.3) is 5.57 Å². The molecule has 0 unspecified atom stereocenters. The molecule has 2 rings (SSSR count). The van der Waals surface area contributed by atoms with Gasteiger partial charge in [-0.25, -0.2) is 0 Å². The highest BCUT2D eigenvalue weighted by molar-refractivity contribution is 9.08. The standard InChI is InChI=1S/C12H11ClO.CH3Br/c13-12-7-3-5-9-4-1-2-6-10(9)11(12)8-14;1-2/h1-2,4,6,8H,3,5,7H2;1H3. The van der Waals surface area contributed by atoms with Crippen molar-refractivity contribution in [2.75, 3.05) is 5.83 Å². The van der Waals surface area contributed by atoms with Gasteiger partial charge in [0.1, 0.15) is 0 Å². The van der Waals surface area contributed by atoms with E-state index in [4.69, 9.17) is 11.6 Å². The SMILES string of the molecule is CBr.O=CC1=C(Cl)CCCc2ccccc21. The van der Waals surface area contributed by atoms with Crippen molar-refractivity contribution in [1.82, 2.24) is 0 Å². The summed E-state index contributed by atoms with van der Waals surface area (Å²) in [5, 5.41) is 0.699. The Balaban J connectivity index is 0.000000606. The lowest BCUT2D eigenvalue weighted by atomic mass is 10.0. The predicted molar refractivity (Wildman–Crippen MR) is 73.1 cm³/mol. The number of benzene rings is 1. The minimum atomic E-state index is 0.666. The summed E-state index contributed by atoms with van der Waals surface area (Å²) in [5.74, 6) is 1.81. The number of hydrogen-bond donors (Lipinski definition) is 0. The van der Waals surface area contributed by atoms with Crippen LogP contribution in [-0.2, 0) is 11.2 Å². The van der Waals surface area contributed by atoms with Crippen LogP contribution < -0.4 is 0 Å². The first kappa shape index (κ1) is 13.5. The van der Waals surface area contributed by atoms with Crippen molar-refractivity contribution in [2.45, 2.75) is 19.3 Å². The van der Waals surface area contributed by atoms with Gasteiger partial charge in [-0.1, -0.05) is 51.8 Å². The molecule has 0 N–H and O–H groups in total. The van der Waals surface area contributed by atoms with Crippen molar-refractivity contribution in [2.24, 2.45) is 0 Å². The molecule has 0 aliphatic heterocycles. The molecule has 1 aliphatic rings. The molecule has 1 aromatic rings. The fourth-order valence-electron chi connectivity index (χ4n) is 1.84. The molecule has 3 heteroatoms. The molecule has 0 amide bonds. The lowest BCUT2D eigenvalue weighted by Crippen LogP contribution is -1.91. The topological polar surface area (TPSA) is 17.1 Å². The van der Waals surface area contributed by atoms with Gasteiger partial charge in [-0.05, 0) is 36.2 Å². The van der Waals surface area contributed by atoms with Crippen LogP contribution in [0.4, 0.5) is 0 Å². The van der Waals surface area contributed by atoms with Crippen LogP contribution >= 0.6 is 27.5 Å². The number of hydrogen-bond acceptors (Lipinski definition) is 1. The Morgan fingerprint density at radius 1 is 1.25 bits per heavy atom. The number of alkyl halides is 1. The van der Waals surface area contributed by atoms with Gasteiger partial charge >= 0.3 is 0 Å². The molecule has 1 aromatic carbocycles. The quantitative estimate of drug-likeness (QED) is 0.562. The summed E-state index contributed by atoms with van der Waals surface area (Å²) in [4.78, 5) is 10.9. The van der Waals surface area contributed by atoms with Crippen molar-refractivity contribution < 1.29 is 4.79 Å². The molecular formula is C13H14BrClO. The molecule has 0 saturated carbocycles. The van der Waals surface area contributed by atoms with Crippen LogP contribution in [0.1, 0.15) is 24.0 Å². The van der Waals surface area contributed by atoms with Crippen LogP contribution in [0.2, 0.25) is 0 Å². The van der Waals surface area contributed by atoms with E-state index in [1.165, 1.54) is 5.56 Å². The fourth-order valence-corrected chi connectivity index (χ4v) is 2.12. The van der Waals surface area contributed by atoms with Crippen molar-refractivity contribution in [1.29, 1.82) is 0 Å². The van der Waals surface area contributed by atoms with Gasteiger partial charge in [0.2, 0.25) is 0 Å².